The van der Waals surface area contributed by atoms with Crippen LogP contribution in [0, 0.1) is 35.5 Å². The maximum Gasteiger partial charge on any atom is 0.490 e. The highest BCUT2D eigenvalue weighted by atomic mass is 32.2. The molecule has 14 heteroatoms. The average molecular weight is 869 g/mol. The fraction of sp³-hybridized carbons (Fsp3) is 0.574. The summed E-state index contributed by atoms with van der Waals surface area (Å²) in [5.41, 5.74) is 3.65. The zero-order chi connectivity index (χ0) is 44.5. The molecule has 6 atom stereocenters. The van der Waals surface area contributed by atoms with Crippen LogP contribution in [0.15, 0.2) is 72.8 Å². The predicted molar refractivity (Wildman–Crippen MR) is 230 cm³/mol. The topological polar surface area (TPSA) is 108 Å². The van der Waals surface area contributed by atoms with Gasteiger partial charge in [0.05, 0.1) is 5.75 Å². The van der Waals surface area contributed by atoms with E-state index in [0.717, 1.165) is 28.7 Å². The van der Waals surface area contributed by atoms with E-state index in [1.54, 1.807) is 11.9 Å². The third-order valence-electron chi connectivity index (χ3n) is 13.2. The van der Waals surface area contributed by atoms with Crippen LogP contribution in [0.3, 0.4) is 0 Å². The van der Waals surface area contributed by atoms with Crippen LogP contribution in [0.1, 0.15) is 89.5 Å². The van der Waals surface area contributed by atoms with Crippen molar-refractivity contribution in [1.29, 1.82) is 0 Å². The van der Waals surface area contributed by atoms with Crippen LogP contribution in [0.2, 0.25) is 0 Å². The second kappa shape index (κ2) is 18.4. The first kappa shape index (κ1) is 46.5. The molecule has 0 radical (unpaired) electrons. The minimum Gasteiger partial charge on any atom is -0.457 e. The van der Waals surface area contributed by atoms with Gasteiger partial charge in [0.15, 0.2) is 0 Å². The van der Waals surface area contributed by atoms with Gasteiger partial charge in [-0.25, -0.2) is 13.2 Å². The zero-order valence-corrected chi connectivity index (χ0v) is 37.6. The third-order valence-corrected chi connectivity index (χ3v) is 15.0. The standard InChI is InChI=1S/C47H63F3N4O6S/c1-31-16-18-38(19-17-31)60-42-15-10-9-14-35(42)28-53(37(25-45(3,4)5)29-52(8)30-59-44(56)47(48,49)50)26-33-12-11-13-34(22-33)27-54-41(20-21-61(54,57)58)43(55)51-40-24-36-23-39(32(40)2)46(36,6)7/h9-19,22,32,36-37,39-41H,20-21,23-30H2,1-8H3,(H,51,55)/t32-,36+,37-,39-,40-,41?/m0/s1. The Bertz CT molecular complexity index is 2120. The van der Waals surface area contributed by atoms with Gasteiger partial charge in [0, 0.05) is 43.8 Å². The summed E-state index contributed by atoms with van der Waals surface area (Å²) in [4.78, 5) is 29.3. The van der Waals surface area contributed by atoms with E-state index in [-0.39, 0.29) is 54.1 Å². The molecule has 3 saturated carbocycles. The minimum absolute atomic E-state index is 0.0212. The number of para-hydroxylation sites is 1. The number of hydrogen-bond donors (Lipinski definition) is 1. The summed E-state index contributed by atoms with van der Waals surface area (Å²) in [6.45, 7) is 15.6. The van der Waals surface area contributed by atoms with Crippen molar-refractivity contribution in [2.45, 2.75) is 118 Å². The molecule has 7 rings (SSSR count). The second-order valence-electron chi connectivity index (χ2n) is 19.5. The second-order valence-corrected chi connectivity index (χ2v) is 21.5. The van der Waals surface area contributed by atoms with Crippen molar-refractivity contribution < 1.29 is 40.7 Å². The van der Waals surface area contributed by atoms with Gasteiger partial charge in [-0.05, 0) is 97.6 Å². The summed E-state index contributed by atoms with van der Waals surface area (Å²) in [7, 11) is -2.08. The number of esters is 1. The number of alkyl halides is 3. The van der Waals surface area contributed by atoms with Crippen molar-refractivity contribution in [1.82, 2.24) is 19.4 Å². The van der Waals surface area contributed by atoms with Gasteiger partial charge in [0.25, 0.3) is 0 Å². The van der Waals surface area contributed by atoms with Crippen molar-refractivity contribution in [2.24, 2.45) is 28.6 Å². The summed E-state index contributed by atoms with van der Waals surface area (Å²) >= 11 is 0. The molecule has 1 aliphatic heterocycles. The number of rotatable bonds is 16. The van der Waals surface area contributed by atoms with Crippen molar-refractivity contribution >= 4 is 21.9 Å². The molecule has 1 amide bonds. The number of ether oxygens (including phenoxy) is 2. The number of benzene rings is 3. The minimum atomic E-state index is -5.10. The Kier molecular flexibility index (Phi) is 14.0. The maximum atomic E-state index is 13.9. The molecule has 0 spiro atoms. The molecule has 1 N–H and O–H groups in total. The van der Waals surface area contributed by atoms with Crippen molar-refractivity contribution in [3.8, 4) is 11.5 Å². The van der Waals surface area contributed by atoms with Crippen LogP contribution in [0.25, 0.3) is 0 Å². The van der Waals surface area contributed by atoms with E-state index < -0.39 is 34.9 Å². The molecular formula is C47H63F3N4O6S. The fourth-order valence-corrected chi connectivity index (χ4v) is 11.4. The summed E-state index contributed by atoms with van der Waals surface area (Å²) in [6.07, 6.45) is -2.16. The molecule has 0 aromatic heterocycles. The van der Waals surface area contributed by atoms with Crippen LogP contribution in [-0.4, -0.2) is 84.8 Å². The number of halogens is 3. The lowest BCUT2D eigenvalue weighted by Crippen LogP contribution is -2.61. The molecule has 1 saturated heterocycles. The Morgan fingerprint density at radius 2 is 1.66 bits per heavy atom. The van der Waals surface area contributed by atoms with Gasteiger partial charge in [0.2, 0.25) is 15.9 Å². The van der Waals surface area contributed by atoms with E-state index in [1.165, 1.54) is 10.7 Å². The Hall–Kier alpha value is -3.98. The molecule has 61 heavy (non-hydrogen) atoms. The Labute approximate surface area is 360 Å². The number of fused-ring (bicyclic) bond motifs is 2. The SMILES string of the molecule is Cc1ccc(Oc2ccccc2CN(Cc2cccc(CN3C(C(=O)N[C@H]4C[C@H]5C[C@@H]([C@@H]4C)C5(C)C)CCS3(=O)=O)c2)[C@H](CN(C)COC(=O)C(F)(F)F)CC(C)(C)C)cc1. The maximum absolute atomic E-state index is 13.9. The van der Waals surface area contributed by atoms with Gasteiger partial charge in [0.1, 0.15) is 24.3 Å². The van der Waals surface area contributed by atoms with Crippen LogP contribution >= 0.6 is 0 Å². The fourth-order valence-electron chi connectivity index (χ4n) is 9.73. The van der Waals surface area contributed by atoms with Gasteiger partial charge >= 0.3 is 12.1 Å². The van der Waals surface area contributed by atoms with E-state index in [9.17, 15) is 31.2 Å². The summed E-state index contributed by atoms with van der Waals surface area (Å²) < 4.78 is 78.6. The third kappa shape index (κ3) is 11.5. The van der Waals surface area contributed by atoms with Crippen molar-refractivity contribution in [3.63, 3.8) is 0 Å². The zero-order valence-electron chi connectivity index (χ0n) is 36.8. The van der Waals surface area contributed by atoms with Gasteiger partial charge in [-0.2, -0.15) is 17.5 Å². The lowest BCUT2D eigenvalue weighted by molar-refractivity contribution is -0.203. The first-order valence-electron chi connectivity index (χ1n) is 21.4. The van der Waals surface area contributed by atoms with E-state index in [0.29, 0.717) is 48.8 Å². The van der Waals surface area contributed by atoms with Crippen molar-refractivity contribution in [2.75, 3.05) is 26.1 Å². The van der Waals surface area contributed by atoms with Gasteiger partial charge in [-0.15, -0.1) is 0 Å². The number of amides is 1. The smallest absolute Gasteiger partial charge is 0.457 e. The van der Waals surface area contributed by atoms with E-state index in [2.05, 4.69) is 56.5 Å². The van der Waals surface area contributed by atoms with E-state index >= 15 is 0 Å². The quantitative estimate of drug-likeness (QED) is 0.113. The normalized spacial score (nSPS) is 24.0. The van der Waals surface area contributed by atoms with Gasteiger partial charge in [-0.3, -0.25) is 14.6 Å². The number of aryl methyl sites for hydroxylation is 1. The lowest BCUT2D eigenvalue weighted by atomic mass is 9.45. The first-order chi connectivity index (χ1) is 28.5. The summed E-state index contributed by atoms with van der Waals surface area (Å²) in [5, 5.41) is 3.27. The largest absolute Gasteiger partial charge is 0.490 e. The number of nitrogens with zero attached hydrogens (tertiary/aromatic N) is 3. The number of nitrogens with one attached hydrogen (secondary N) is 1. The molecular weight excluding hydrogens is 806 g/mol. The molecule has 1 heterocycles. The molecule has 10 nitrogen and oxygen atoms in total. The Morgan fingerprint density at radius 3 is 2.31 bits per heavy atom. The number of hydrogen-bond acceptors (Lipinski definition) is 8. The van der Waals surface area contributed by atoms with Crippen LogP contribution < -0.4 is 10.1 Å². The van der Waals surface area contributed by atoms with Crippen LogP contribution in [0.4, 0.5) is 13.2 Å². The number of sulfonamides is 1. The highest BCUT2D eigenvalue weighted by Crippen LogP contribution is 2.61. The summed E-state index contributed by atoms with van der Waals surface area (Å²) in [6, 6.07) is 22.1. The van der Waals surface area contributed by atoms with Gasteiger partial charge in [-0.1, -0.05) is 102 Å². The predicted octanol–water partition coefficient (Wildman–Crippen LogP) is 8.68. The molecule has 3 aromatic carbocycles. The average Bonchev–Trinajstić information content (AvgIpc) is 3.47. The Balaban J connectivity index is 1.25. The highest BCUT2D eigenvalue weighted by Gasteiger charge is 2.57. The molecule has 334 valence electrons. The summed E-state index contributed by atoms with van der Waals surface area (Å²) in [5.74, 6) is 0.147. The molecule has 3 aromatic rings. The van der Waals surface area contributed by atoms with Crippen LogP contribution in [-0.2, 0) is 44.0 Å². The molecule has 4 aliphatic rings. The molecule has 1 unspecified atom stereocenters. The van der Waals surface area contributed by atoms with E-state index in [1.807, 2.05) is 79.7 Å². The first-order valence-corrected chi connectivity index (χ1v) is 23.0. The molecule has 4 fully saturated rings. The van der Waals surface area contributed by atoms with Gasteiger partial charge < -0.3 is 14.8 Å². The molecule has 3 aliphatic carbocycles. The number of carbonyl (C=O) groups is 2. The lowest BCUT2D eigenvalue weighted by Gasteiger charge is -2.62. The Morgan fingerprint density at radius 1 is 0.967 bits per heavy atom. The monoisotopic (exact) mass is 868 g/mol. The van der Waals surface area contributed by atoms with Crippen LogP contribution in [0.5, 0.6) is 11.5 Å². The highest BCUT2D eigenvalue weighted by molar-refractivity contribution is 7.89. The molecule has 2 bridgehead atoms. The number of carbonyl (C=O) groups excluding carboxylic acids is 2. The number of likely N-dealkylation sites (N-methyl/N-ethyl adjacent to an activating group) is 1. The van der Waals surface area contributed by atoms with E-state index in [4.69, 9.17) is 4.74 Å². The van der Waals surface area contributed by atoms with Crippen molar-refractivity contribution in [3.05, 3.63) is 95.1 Å².